The summed E-state index contributed by atoms with van der Waals surface area (Å²) in [5.74, 6) is 0. The molecule has 0 spiro atoms. The van der Waals surface area contributed by atoms with E-state index in [1.165, 1.54) is 0 Å². The predicted molar refractivity (Wildman–Crippen MR) is 54.2 cm³/mol. The lowest BCUT2D eigenvalue weighted by Crippen LogP contribution is -2.42. The molecule has 0 bridgehead atoms. The maximum Gasteiger partial charge on any atom is 0.0992 e. The Labute approximate surface area is 84.3 Å². The minimum atomic E-state index is -0.195. The van der Waals surface area contributed by atoms with Crippen molar-refractivity contribution in [3.05, 3.63) is 17.1 Å². The van der Waals surface area contributed by atoms with Crippen molar-refractivity contribution in [1.82, 2.24) is 0 Å². The number of ether oxygens (including phenoxy) is 2. The third-order valence-corrected chi connectivity index (χ3v) is 1.98. The van der Waals surface area contributed by atoms with Crippen LogP contribution in [0, 0.1) is 4.91 Å². The smallest absolute Gasteiger partial charge is 0.0992 e. The third-order valence-electron chi connectivity index (χ3n) is 1.98. The number of hydrogen-bond donors (Lipinski definition) is 0. The van der Waals surface area contributed by atoms with Gasteiger partial charge in [0, 0.05) is 0 Å². The Morgan fingerprint density at radius 2 is 2.29 bits per heavy atom. The van der Waals surface area contributed by atoms with Gasteiger partial charge < -0.3 is 9.47 Å². The molecule has 80 valence electrons. The van der Waals surface area contributed by atoms with Crippen LogP contribution in [0.15, 0.2) is 17.3 Å². The van der Waals surface area contributed by atoms with E-state index in [2.05, 4.69) is 5.18 Å². The van der Waals surface area contributed by atoms with Gasteiger partial charge in [-0.15, -0.1) is 0 Å². The number of rotatable bonds is 4. The summed E-state index contributed by atoms with van der Waals surface area (Å²) in [5.41, 5.74) is -0.195. The molecule has 1 aliphatic heterocycles. The topological polar surface area (TPSA) is 47.9 Å². The Morgan fingerprint density at radius 1 is 1.50 bits per heavy atom. The molecule has 0 N–H and O–H groups in total. The zero-order valence-electron chi connectivity index (χ0n) is 8.73. The summed E-state index contributed by atoms with van der Waals surface area (Å²) in [6.45, 7) is 5.52. The van der Waals surface area contributed by atoms with Gasteiger partial charge in [-0.25, -0.2) is 0 Å². The van der Waals surface area contributed by atoms with Crippen LogP contribution in [0.1, 0.15) is 20.3 Å². The Kier molecular flexibility index (Phi) is 4.22. The highest BCUT2D eigenvalue weighted by molar-refractivity contribution is 4.88. The highest BCUT2D eigenvalue weighted by atomic mass is 16.6. The van der Waals surface area contributed by atoms with Crippen molar-refractivity contribution in [1.29, 1.82) is 0 Å². The zero-order chi connectivity index (χ0) is 10.4. The predicted octanol–water partition coefficient (Wildman–Crippen LogP) is 1.89. The van der Waals surface area contributed by atoms with Crippen molar-refractivity contribution < 1.29 is 9.47 Å². The van der Waals surface area contributed by atoms with E-state index >= 15 is 0 Å². The van der Waals surface area contributed by atoms with E-state index in [0.717, 1.165) is 6.42 Å². The second kappa shape index (κ2) is 5.22. The Balaban J connectivity index is 2.27. The van der Waals surface area contributed by atoms with E-state index in [0.29, 0.717) is 13.2 Å². The molecule has 0 saturated carbocycles. The summed E-state index contributed by atoms with van der Waals surface area (Å²) in [6.07, 6.45) is 4.54. The molecule has 0 aromatic carbocycles. The van der Waals surface area contributed by atoms with Gasteiger partial charge in [-0.3, -0.25) is 0 Å². The summed E-state index contributed by atoms with van der Waals surface area (Å²) in [7, 11) is 0. The number of nitroso groups, excluding NO2 is 1. The maximum atomic E-state index is 9.80. The molecule has 0 amide bonds. The van der Waals surface area contributed by atoms with Crippen LogP contribution in [0.2, 0.25) is 0 Å². The zero-order valence-corrected chi connectivity index (χ0v) is 8.73. The fourth-order valence-electron chi connectivity index (χ4n) is 1.44. The normalized spacial score (nSPS) is 26.6. The van der Waals surface area contributed by atoms with Crippen LogP contribution in [0.25, 0.3) is 0 Å². The fraction of sp³-hybridized carbons (Fsp3) is 0.800. The maximum absolute atomic E-state index is 9.80. The second-order valence-corrected chi connectivity index (χ2v) is 4.03. The summed E-state index contributed by atoms with van der Waals surface area (Å²) in [4.78, 5) is 9.80. The van der Waals surface area contributed by atoms with Gasteiger partial charge in [-0.05, 0) is 20.3 Å². The van der Waals surface area contributed by atoms with Gasteiger partial charge in [0.25, 0.3) is 0 Å². The molecule has 4 heteroatoms. The van der Waals surface area contributed by atoms with Crippen LogP contribution in [0.5, 0.6) is 0 Å². The molecule has 4 nitrogen and oxygen atoms in total. The van der Waals surface area contributed by atoms with Crippen LogP contribution >= 0.6 is 0 Å². The van der Waals surface area contributed by atoms with Crippen molar-refractivity contribution in [3.63, 3.8) is 0 Å². The van der Waals surface area contributed by atoms with E-state index in [-0.39, 0.29) is 18.2 Å². The fourth-order valence-corrected chi connectivity index (χ4v) is 1.44. The first-order valence-electron chi connectivity index (χ1n) is 4.84. The van der Waals surface area contributed by atoms with Crippen LogP contribution in [-0.4, -0.2) is 31.5 Å². The molecule has 0 radical (unpaired) electrons. The summed E-state index contributed by atoms with van der Waals surface area (Å²) < 4.78 is 11.2. The van der Waals surface area contributed by atoms with Crippen LogP contribution < -0.4 is 0 Å². The summed E-state index contributed by atoms with van der Waals surface area (Å²) >= 11 is 0. The van der Waals surface area contributed by atoms with E-state index in [9.17, 15) is 4.91 Å². The first-order valence-corrected chi connectivity index (χ1v) is 4.84. The SMILES string of the molecule is CC1(C)COC[C@H](C/C=C/CN=O)O1. The van der Waals surface area contributed by atoms with E-state index in [1.54, 1.807) is 6.08 Å². The molecule has 1 rings (SSSR count). The molecule has 0 aromatic rings. The Morgan fingerprint density at radius 3 is 2.93 bits per heavy atom. The molecule has 1 heterocycles. The lowest BCUT2D eigenvalue weighted by Gasteiger charge is -2.35. The van der Waals surface area contributed by atoms with E-state index in [4.69, 9.17) is 9.47 Å². The first kappa shape index (κ1) is 11.3. The van der Waals surface area contributed by atoms with E-state index < -0.39 is 0 Å². The molecule has 0 unspecified atom stereocenters. The highest BCUT2D eigenvalue weighted by Crippen LogP contribution is 2.20. The van der Waals surface area contributed by atoms with Crippen molar-refractivity contribution in [3.8, 4) is 0 Å². The standard InChI is InChI=1S/C10H17NO3/c1-10(2)8-13-7-9(14-10)5-3-4-6-11-12/h3-4,9H,5-8H2,1-2H3/b4-3+/t9-/m0/s1. The van der Waals surface area contributed by atoms with Gasteiger partial charge in [-0.2, -0.15) is 4.91 Å². The van der Waals surface area contributed by atoms with Gasteiger partial charge >= 0.3 is 0 Å². The molecule has 14 heavy (non-hydrogen) atoms. The number of nitrogens with zero attached hydrogens (tertiary/aromatic N) is 1. The van der Waals surface area contributed by atoms with Crippen LogP contribution in [0.4, 0.5) is 0 Å². The van der Waals surface area contributed by atoms with Crippen LogP contribution in [0.3, 0.4) is 0 Å². The minimum absolute atomic E-state index is 0.0988. The summed E-state index contributed by atoms with van der Waals surface area (Å²) in [6, 6.07) is 0. The summed E-state index contributed by atoms with van der Waals surface area (Å²) in [5, 5.41) is 2.74. The highest BCUT2D eigenvalue weighted by Gasteiger charge is 2.28. The van der Waals surface area contributed by atoms with Gasteiger partial charge in [0.2, 0.25) is 0 Å². The van der Waals surface area contributed by atoms with E-state index in [1.807, 2.05) is 19.9 Å². The average Bonchev–Trinajstić information content (AvgIpc) is 2.11. The molecule has 0 aromatic heterocycles. The van der Waals surface area contributed by atoms with Crippen molar-refractivity contribution >= 4 is 0 Å². The third kappa shape index (κ3) is 3.98. The van der Waals surface area contributed by atoms with Gasteiger partial charge in [0.1, 0.15) is 0 Å². The first-order chi connectivity index (χ1) is 6.64. The molecule has 1 saturated heterocycles. The quantitative estimate of drug-likeness (QED) is 0.513. The van der Waals surface area contributed by atoms with Crippen LogP contribution in [-0.2, 0) is 9.47 Å². The van der Waals surface area contributed by atoms with Crippen molar-refractivity contribution in [2.45, 2.75) is 32.0 Å². The average molecular weight is 199 g/mol. The minimum Gasteiger partial charge on any atom is -0.376 e. The Bertz CT molecular complexity index is 213. The van der Waals surface area contributed by atoms with Crippen molar-refractivity contribution in [2.75, 3.05) is 19.8 Å². The lowest BCUT2D eigenvalue weighted by atomic mass is 10.1. The monoisotopic (exact) mass is 199 g/mol. The lowest BCUT2D eigenvalue weighted by molar-refractivity contribution is -0.180. The molecular formula is C10H17NO3. The molecule has 0 aliphatic carbocycles. The Hall–Kier alpha value is -0.740. The number of hydrogen-bond acceptors (Lipinski definition) is 4. The van der Waals surface area contributed by atoms with Gasteiger partial charge in [-0.1, -0.05) is 17.3 Å². The van der Waals surface area contributed by atoms with Gasteiger partial charge in [0.15, 0.2) is 0 Å². The largest absolute Gasteiger partial charge is 0.376 e. The molecule has 1 fully saturated rings. The van der Waals surface area contributed by atoms with Crippen molar-refractivity contribution in [2.24, 2.45) is 5.18 Å². The second-order valence-electron chi connectivity index (χ2n) is 4.03. The molecular weight excluding hydrogens is 182 g/mol. The van der Waals surface area contributed by atoms with Gasteiger partial charge in [0.05, 0.1) is 31.5 Å². The molecule has 1 aliphatic rings. The molecule has 1 atom stereocenters.